The Kier molecular flexibility index (Phi) is 4.69. The van der Waals surface area contributed by atoms with E-state index in [-0.39, 0.29) is 12.0 Å². The highest BCUT2D eigenvalue weighted by molar-refractivity contribution is 9.10. The second-order valence-electron chi connectivity index (χ2n) is 4.19. The lowest BCUT2D eigenvalue weighted by molar-refractivity contribution is 0.254. The fourth-order valence-corrected chi connectivity index (χ4v) is 2.04. The van der Waals surface area contributed by atoms with E-state index >= 15 is 0 Å². The third-order valence-corrected chi connectivity index (χ3v) is 3.16. The Morgan fingerprint density at radius 2 is 1.89 bits per heavy atom. The summed E-state index contributed by atoms with van der Waals surface area (Å²) in [6, 6.07) is -0.310. The number of rotatable bonds is 2. The van der Waals surface area contributed by atoms with E-state index in [0.29, 0.717) is 0 Å². The van der Waals surface area contributed by atoms with Crippen molar-refractivity contribution in [2.45, 2.75) is 32.1 Å². The van der Waals surface area contributed by atoms with Crippen molar-refractivity contribution < 1.29 is 4.79 Å². The molecule has 0 bridgehead atoms. The maximum atomic E-state index is 11.6. The van der Waals surface area contributed by atoms with Crippen LogP contribution in [0, 0.1) is 0 Å². The molecule has 1 aliphatic rings. The zero-order valence-electron chi connectivity index (χ0n) is 9.95. The topological polar surface area (TPSA) is 66.9 Å². The van der Waals surface area contributed by atoms with Gasteiger partial charge in [0.25, 0.3) is 0 Å². The van der Waals surface area contributed by atoms with E-state index in [1.807, 2.05) is 0 Å². The van der Waals surface area contributed by atoms with E-state index < -0.39 is 0 Å². The summed E-state index contributed by atoms with van der Waals surface area (Å²) < 4.78 is 0.776. The van der Waals surface area contributed by atoms with E-state index in [2.05, 4.69) is 36.5 Å². The van der Waals surface area contributed by atoms with Crippen LogP contribution < -0.4 is 10.6 Å². The molecule has 1 saturated carbocycles. The highest BCUT2D eigenvalue weighted by Gasteiger charge is 2.06. The molecule has 2 amide bonds. The molecule has 0 saturated heterocycles. The first-order valence-electron chi connectivity index (χ1n) is 5.97. The molecule has 1 aromatic heterocycles. The average Bonchev–Trinajstić information content (AvgIpc) is 2.40. The van der Waals surface area contributed by atoms with E-state index in [1.165, 1.54) is 24.8 Å². The molecule has 0 radical (unpaired) electrons. The summed E-state index contributed by atoms with van der Waals surface area (Å²) in [4.78, 5) is 19.5. The van der Waals surface area contributed by atoms with Crippen LogP contribution in [0.1, 0.15) is 32.1 Å². The molecule has 1 aromatic rings. The van der Waals surface area contributed by atoms with Crippen LogP contribution >= 0.6 is 15.9 Å². The van der Waals surface area contributed by atoms with E-state index in [4.69, 9.17) is 0 Å². The molecule has 1 fully saturated rings. The minimum atomic E-state index is -0.310. The third kappa shape index (κ3) is 4.10. The normalized spacial score (nSPS) is 15.1. The first kappa shape index (κ1) is 13.0. The molecule has 2 N–H and O–H groups in total. The molecule has 0 aliphatic heterocycles. The Morgan fingerprint density at radius 3 is 2.56 bits per heavy atom. The van der Waals surface area contributed by atoms with Crippen LogP contribution in [0.25, 0.3) is 0 Å². The second kappa shape index (κ2) is 6.49. The number of halogens is 1. The van der Waals surface area contributed by atoms with Gasteiger partial charge in [0.05, 0.1) is 4.47 Å². The van der Waals surface area contributed by atoms with Gasteiger partial charge in [-0.2, -0.15) is 0 Å². The molecule has 2 rings (SSSR count). The van der Waals surface area contributed by atoms with Crippen molar-refractivity contribution in [3.8, 4) is 0 Å². The van der Waals surface area contributed by atoms with Gasteiger partial charge >= 0.3 is 6.03 Å². The van der Waals surface area contributed by atoms with Crippen molar-refractivity contribution in [3.63, 3.8) is 0 Å². The maximum absolute atomic E-state index is 11.6. The SMILES string of the molecule is O=C(NC=C1CCCCC1)Nc1ncc(Br)cn1. The van der Waals surface area contributed by atoms with Gasteiger partial charge in [-0.15, -0.1) is 0 Å². The van der Waals surface area contributed by atoms with Gasteiger partial charge in [0.1, 0.15) is 0 Å². The largest absolute Gasteiger partial charge is 0.325 e. The number of aromatic nitrogens is 2. The van der Waals surface area contributed by atoms with Gasteiger partial charge in [0, 0.05) is 18.6 Å². The minimum Gasteiger partial charge on any atom is -0.314 e. The van der Waals surface area contributed by atoms with Gasteiger partial charge < -0.3 is 5.32 Å². The quantitative estimate of drug-likeness (QED) is 0.881. The predicted octanol–water partition coefficient (Wildman–Crippen LogP) is 3.21. The number of carbonyl (C=O) groups is 1. The van der Waals surface area contributed by atoms with Crippen molar-refractivity contribution in [2.75, 3.05) is 5.32 Å². The molecule has 1 aliphatic carbocycles. The number of hydrogen-bond donors (Lipinski definition) is 2. The zero-order valence-corrected chi connectivity index (χ0v) is 11.5. The Hall–Kier alpha value is -1.43. The fourth-order valence-electron chi connectivity index (χ4n) is 1.83. The van der Waals surface area contributed by atoms with E-state index in [1.54, 1.807) is 18.6 Å². The molecule has 0 aromatic carbocycles. The molecule has 0 unspecified atom stereocenters. The average molecular weight is 311 g/mol. The Labute approximate surface area is 114 Å². The van der Waals surface area contributed by atoms with Gasteiger partial charge in [-0.3, -0.25) is 5.32 Å². The van der Waals surface area contributed by atoms with Gasteiger partial charge in [-0.1, -0.05) is 12.0 Å². The van der Waals surface area contributed by atoms with Gasteiger partial charge in [0.15, 0.2) is 0 Å². The zero-order chi connectivity index (χ0) is 12.8. The van der Waals surface area contributed by atoms with Crippen LogP contribution in [-0.2, 0) is 0 Å². The third-order valence-electron chi connectivity index (χ3n) is 2.75. The highest BCUT2D eigenvalue weighted by atomic mass is 79.9. The van der Waals surface area contributed by atoms with Crippen LogP contribution in [0.4, 0.5) is 10.7 Å². The molecule has 5 nitrogen and oxygen atoms in total. The summed E-state index contributed by atoms with van der Waals surface area (Å²) in [5.41, 5.74) is 1.30. The Balaban J connectivity index is 1.83. The lowest BCUT2D eigenvalue weighted by Gasteiger charge is -2.13. The van der Waals surface area contributed by atoms with Crippen LogP contribution in [0.2, 0.25) is 0 Å². The molecule has 1 heterocycles. The van der Waals surface area contributed by atoms with Crippen molar-refractivity contribution in [1.29, 1.82) is 0 Å². The maximum Gasteiger partial charge on any atom is 0.325 e. The first-order valence-corrected chi connectivity index (χ1v) is 6.76. The van der Waals surface area contributed by atoms with Crippen molar-refractivity contribution in [3.05, 3.63) is 28.6 Å². The van der Waals surface area contributed by atoms with E-state index in [9.17, 15) is 4.79 Å². The number of amides is 2. The number of nitrogens with one attached hydrogen (secondary N) is 2. The summed E-state index contributed by atoms with van der Waals surface area (Å²) in [7, 11) is 0. The minimum absolute atomic E-state index is 0.290. The number of urea groups is 1. The van der Waals surface area contributed by atoms with Gasteiger partial charge in [-0.25, -0.2) is 14.8 Å². The number of anilines is 1. The molecule has 96 valence electrons. The van der Waals surface area contributed by atoms with Gasteiger partial charge in [-0.05, 0) is 41.6 Å². The van der Waals surface area contributed by atoms with Crippen LogP contribution in [-0.4, -0.2) is 16.0 Å². The molecule has 6 heteroatoms. The molecule has 0 spiro atoms. The molecule has 18 heavy (non-hydrogen) atoms. The van der Waals surface area contributed by atoms with Crippen LogP contribution in [0.3, 0.4) is 0 Å². The summed E-state index contributed by atoms with van der Waals surface area (Å²) in [5, 5.41) is 5.28. The van der Waals surface area contributed by atoms with Crippen LogP contribution in [0.5, 0.6) is 0 Å². The summed E-state index contributed by atoms with van der Waals surface area (Å²) in [5.74, 6) is 0.290. The number of allylic oxidation sites excluding steroid dienone is 1. The van der Waals surface area contributed by atoms with Crippen LogP contribution in [0.15, 0.2) is 28.6 Å². The van der Waals surface area contributed by atoms with Crippen molar-refractivity contribution in [2.24, 2.45) is 0 Å². The number of nitrogens with zero attached hydrogens (tertiary/aromatic N) is 2. The Morgan fingerprint density at radius 1 is 1.22 bits per heavy atom. The Bertz CT molecular complexity index is 436. The number of hydrogen-bond acceptors (Lipinski definition) is 3. The molecule has 0 atom stereocenters. The van der Waals surface area contributed by atoms with Crippen molar-refractivity contribution in [1.82, 2.24) is 15.3 Å². The lowest BCUT2D eigenvalue weighted by Crippen LogP contribution is -2.25. The van der Waals surface area contributed by atoms with Gasteiger partial charge in [0.2, 0.25) is 5.95 Å². The predicted molar refractivity (Wildman–Crippen MR) is 73.1 cm³/mol. The molecular weight excluding hydrogens is 296 g/mol. The monoisotopic (exact) mass is 310 g/mol. The standard InChI is InChI=1S/C12H15BrN4O/c13-10-7-14-11(15-8-10)17-12(18)16-6-9-4-2-1-3-5-9/h6-8H,1-5H2,(H2,14,15,16,17,18). The molecular formula is C12H15BrN4O. The second-order valence-corrected chi connectivity index (χ2v) is 5.10. The number of carbonyl (C=O) groups excluding carboxylic acids is 1. The summed E-state index contributed by atoms with van der Waals surface area (Å²) in [6.07, 6.45) is 10.8. The summed E-state index contributed by atoms with van der Waals surface area (Å²) in [6.45, 7) is 0. The summed E-state index contributed by atoms with van der Waals surface area (Å²) >= 11 is 3.23. The fraction of sp³-hybridized carbons (Fsp3) is 0.417. The van der Waals surface area contributed by atoms with E-state index in [0.717, 1.165) is 17.3 Å². The highest BCUT2D eigenvalue weighted by Crippen LogP contribution is 2.21. The first-order chi connectivity index (χ1) is 8.74. The lowest BCUT2D eigenvalue weighted by atomic mass is 9.96. The van der Waals surface area contributed by atoms with Crippen molar-refractivity contribution >= 4 is 27.9 Å². The smallest absolute Gasteiger partial charge is 0.314 e.